The Balaban J connectivity index is 1.87. The molecule has 4 rings (SSSR count). The van der Waals surface area contributed by atoms with E-state index in [1.54, 1.807) is 12.1 Å². The van der Waals surface area contributed by atoms with Crippen molar-refractivity contribution in [1.82, 2.24) is 19.5 Å². The van der Waals surface area contributed by atoms with Crippen molar-refractivity contribution in [3.05, 3.63) is 58.4 Å². The molecule has 4 aromatic rings. The number of hydrogen-bond acceptors (Lipinski definition) is 6. The summed E-state index contributed by atoms with van der Waals surface area (Å²) in [5, 5.41) is 5.59. The van der Waals surface area contributed by atoms with Gasteiger partial charge in [-0.3, -0.25) is 4.57 Å². The number of aromatic nitrogens is 4. The molecule has 0 aliphatic carbocycles. The summed E-state index contributed by atoms with van der Waals surface area (Å²) in [6.45, 7) is 0.00575. The van der Waals surface area contributed by atoms with Crippen LogP contribution in [0.25, 0.3) is 22.1 Å². The van der Waals surface area contributed by atoms with Crippen LogP contribution in [-0.4, -0.2) is 35.0 Å². The summed E-state index contributed by atoms with van der Waals surface area (Å²) >= 11 is 0. The zero-order valence-electron chi connectivity index (χ0n) is 14.5. The number of halogens is 1. The Morgan fingerprint density at radius 2 is 2.07 bits per heavy atom. The number of methoxy groups -OCH3 is 1. The van der Waals surface area contributed by atoms with Gasteiger partial charge in [0.1, 0.15) is 10.7 Å². The molecule has 0 unspecified atom stereocenters. The maximum Gasteiger partial charge on any atom is 0.326 e. The topological polar surface area (TPSA) is 133 Å². The summed E-state index contributed by atoms with van der Waals surface area (Å²) in [4.78, 5) is 23.0. The second-order valence-corrected chi connectivity index (χ2v) is 7.60. The van der Waals surface area contributed by atoms with E-state index in [-0.39, 0.29) is 6.54 Å². The van der Waals surface area contributed by atoms with Gasteiger partial charge in [0, 0.05) is 11.5 Å². The summed E-state index contributed by atoms with van der Waals surface area (Å²) in [6.07, 6.45) is 1.48. The molecule has 28 heavy (non-hydrogen) atoms. The van der Waals surface area contributed by atoms with E-state index in [1.165, 1.54) is 23.9 Å². The molecule has 11 heteroatoms. The number of hydrogen-bond donors (Lipinski definition) is 2. The number of sulfonamides is 1. The van der Waals surface area contributed by atoms with Crippen LogP contribution >= 0.6 is 0 Å². The smallest absolute Gasteiger partial charge is 0.326 e. The average Bonchev–Trinajstić information content (AvgIpc) is 2.96. The average molecular weight is 403 g/mol. The Morgan fingerprint density at radius 1 is 1.29 bits per heavy atom. The molecule has 0 aliphatic heterocycles. The van der Waals surface area contributed by atoms with E-state index in [2.05, 4.69) is 15.0 Å². The molecule has 0 saturated heterocycles. The summed E-state index contributed by atoms with van der Waals surface area (Å²) in [5.41, 5.74) is 1.39. The van der Waals surface area contributed by atoms with Gasteiger partial charge in [-0.05, 0) is 23.8 Å². The van der Waals surface area contributed by atoms with Crippen molar-refractivity contribution in [2.75, 3.05) is 7.11 Å². The number of aromatic amines is 1. The lowest BCUT2D eigenvalue weighted by atomic mass is 10.2. The number of primary sulfonamides is 1. The Hall–Kier alpha value is -3.31. The zero-order valence-corrected chi connectivity index (χ0v) is 15.3. The van der Waals surface area contributed by atoms with Gasteiger partial charge in [0.05, 0.1) is 30.9 Å². The van der Waals surface area contributed by atoms with E-state index in [0.717, 1.165) is 12.1 Å². The molecule has 1 aromatic carbocycles. The number of imidazole rings is 1. The molecule has 3 heterocycles. The van der Waals surface area contributed by atoms with Gasteiger partial charge in [0.2, 0.25) is 15.9 Å². The van der Waals surface area contributed by atoms with Gasteiger partial charge < -0.3 is 9.72 Å². The van der Waals surface area contributed by atoms with Gasteiger partial charge in [-0.25, -0.2) is 27.7 Å². The number of nitrogens with one attached hydrogen (secondary N) is 1. The number of pyridine rings is 2. The first-order valence-corrected chi connectivity index (χ1v) is 9.56. The quantitative estimate of drug-likeness (QED) is 0.525. The summed E-state index contributed by atoms with van der Waals surface area (Å²) < 4.78 is 43.4. The van der Waals surface area contributed by atoms with Crippen molar-refractivity contribution in [2.45, 2.75) is 11.4 Å². The molecule has 0 fully saturated rings. The number of rotatable bonds is 4. The lowest BCUT2D eigenvalue weighted by molar-refractivity contribution is 0.399. The first kappa shape index (κ1) is 18.1. The Kier molecular flexibility index (Phi) is 4.12. The highest BCUT2D eigenvalue weighted by molar-refractivity contribution is 7.89. The predicted octanol–water partition coefficient (Wildman–Crippen LogP) is 1.12. The molecule has 0 radical (unpaired) electrons. The number of H-pyrrole nitrogens is 1. The predicted molar refractivity (Wildman–Crippen MR) is 99.1 cm³/mol. The molecule has 144 valence electrons. The van der Waals surface area contributed by atoms with Gasteiger partial charge in [0.15, 0.2) is 5.65 Å². The molecule has 0 bridgehead atoms. The third-order valence-corrected chi connectivity index (χ3v) is 5.23. The molecule has 0 amide bonds. The number of ether oxygens (including phenoxy) is 1. The van der Waals surface area contributed by atoms with Gasteiger partial charge in [-0.1, -0.05) is 6.07 Å². The van der Waals surface area contributed by atoms with Gasteiger partial charge >= 0.3 is 5.69 Å². The largest absolute Gasteiger partial charge is 0.481 e. The van der Waals surface area contributed by atoms with Crippen LogP contribution in [0.5, 0.6) is 5.88 Å². The highest BCUT2D eigenvalue weighted by Crippen LogP contribution is 2.24. The Labute approximate surface area is 157 Å². The third kappa shape index (κ3) is 3.00. The Bertz CT molecular complexity index is 1390. The maximum atomic E-state index is 14.1. The van der Waals surface area contributed by atoms with Crippen molar-refractivity contribution in [3.8, 4) is 5.88 Å². The van der Waals surface area contributed by atoms with Crippen molar-refractivity contribution in [3.63, 3.8) is 0 Å². The highest BCUT2D eigenvalue weighted by atomic mass is 32.2. The van der Waals surface area contributed by atoms with Crippen LogP contribution in [-0.2, 0) is 16.6 Å². The minimum atomic E-state index is -4.17. The van der Waals surface area contributed by atoms with Crippen LogP contribution in [0.3, 0.4) is 0 Å². The fourth-order valence-electron chi connectivity index (χ4n) is 3.03. The first-order chi connectivity index (χ1) is 13.3. The van der Waals surface area contributed by atoms with E-state index in [0.29, 0.717) is 33.5 Å². The summed E-state index contributed by atoms with van der Waals surface area (Å²) in [5.74, 6) is -0.602. The van der Waals surface area contributed by atoms with Crippen LogP contribution in [0.1, 0.15) is 5.56 Å². The molecule has 0 spiro atoms. The molecular weight excluding hydrogens is 389 g/mol. The molecular formula is C17H14FN5O4S. The fourth-order valence-corrected chi connectivity index (χ4v) is 3.62. The number of benzene rings is 1. The van der Waals surface area contributed by atoms with Crippen molar-refractivity contribution < 1.29 is 17.5 Å². The lowest BCUT2D eigenvalue weighted by Gasteiger charge is -2.08. The van der Waals surface area contributed by atoms with E-state index < -0.39 is 26.4 Å². The molecule has 0 atom stereocenters. The summed E-state index contributed by atoms with van der Waals surface area (Å²) in [6, 6.07) is 6.89. The zero-order chi connectivity index (χ0) is 20.1. The molecule has 0 saturated carbocycles. The SMILES string of the molecule is COc1ccc2c(ncc3[nH]c(=O)n(Cc4ccc(S(N)(=O)=O)c(F)c4)c32)n1. The van der Waals surface area contributed by atoms with E-state index in [9.17, 15) is 17.6 Å². The van der Waals surface area contributed by atoms with E-state index >= 15 is 0 Å². The van der Waals surface area contributed by atoms with Gasteiger partial charge in [-0.2, -0.15) is 4.98 Å². The minimum Gasteiger partial charge on any atom is -0.481 e. The van der Waals surface area contributed by atoms with Crippen molar-refractivity contribution in [2.24, 2.45) is 5.14 Å². The molecule has 3 N–H and O–H groups in total. The number of fused-ring (bicyclic) bond motifs is 3. The van der Waals surface area contributed by atoms with Gasteiger partial charge in [0.25, 0.3) is 0 Å². The van der Waals surface area contributed by atoms with Crippen LogP contribution in [0, 0.1) is 5.82 Å². The van der Waals surface area contributed by atoms with Gasteiger partial charge in [-0.15, -0.1) is 0 Å². The van der Waals surface area contributed by atoms with Crippen LogP contribution in [0.15, 0.2) is 46.2 Å². The second kappa shape index (κ2) is 6.39. The number of nitrogens with zero attached hydrogens (tertiary/aromatic N) is 3. The van der Waals surface area contributed by atoms with Crippen LogP contribution in [0.2, 0.25) is 0 Å². The highest BCUT2D eigenvalue weighted by Gasteiger charge is 2.17. The Morgan fingerprint density at radius 3 is 2.75 bits per heavy atom. The van der Waals surface area contributed by atoms with Crippen molar-refractivity contribution >= 4 is 32.1 Å². The monoisotopic (exact) mass is 403 g/mol. The second-order valence-electron chi connectivity index (χ2n) is 6.07. The first-order valence-electron chi connectivity index (χ1n) is 8.01. The van der Waals surface area contributed by atoms with Crippen LogP contribution < -0.4 is 15.6 Å². The van der Waals surface area contributed by atoms with E-state index in [1.807, 2.05) is 0 Å². The molecule has 0 aliphatic rings. The fraction of sp³-hybridized carbons (Fsp3) is 0.118. The maximum absolute atomic E-state index is 14.1. The number of nitrogens with two attached hydrogens (primary N) is 1. The third-order valence-electron chi connectivity index (χ3n) is 4.29. The standard InChI is InChI=1S/C17H14FN5O4S/c1-27-14-5-3-10-15-12(7-20-16(10)22-14)21-17(24)23(15)8-9-2-4-13(11(18)6-9)28(19,25)26/h2-7H,8H2,1H3,(H,21,24)(H2,19,25,26). The minimum absolute atomic E-state index is 0.00575. The molecule has 9 nitrogen and oxygen atoms in total. The van der Waals surface area contributed by atoms with Crippen LogP contribution in [0.4, 0.5) is 4.39 Å². The molecule has 3 aromatic heterocycles. The normalized spacial score (nSPS) is 12.0. The summed E-state index contributed by atoms with van der Waals surface area (Å²) in [7, 11) is -2.68. The van der Waals surface area contributed by atoms with E-state index in [4.69, 9.17) is 9.88 Å². The van der Waals surface area contributed by atoms with Crippen molar-refractivity contribution in [1.29, 1.82) is 0 Å². The lowest BCUT2D eigenvalue weighted by Crippen LogP contribution is -2.18.